The number of nitrogens with zero attached hydrogens (tertiary/aromatic N) is 2. The summed E-state index contributed by atoms with van der Waals surface area (Å²) in [5, 5.41) is 0. The predicted octanol–water partition coefficient (Wildman–Crippen LogP) is 4.83. The minimum Gasteiger partial charge on any atom is -0.381 e. The molecule has 164 valence electrons. The summed E-state index contributed by atoms with van der Waals surface area (Å²) in [5.41, 5.74) is 4.65. The highest BCUT2D eigenvalue weighted by atomic mass is 16.5. The van der Waals surface area contributed by atoms with Crippen molar-refractivity contribution in [3.8, 4) is 0 Å². The zero-order valence-electron chi connectivity index (χ0n) is 19.0. The Labute approximate surface area is 186 Å². The molecule has 1 aliphatic carbocycles. The number of likely N-dealkylation sites (tertiary alicyclic amines) is 1. The molecule has 0 N–H and O–H groups in total. The Balaban J connectivity index is 1.17. The predicted molar refractivity (Wildman–Crippen MR) is 122 cm³/mol. The van der Waals surface area contributed by atoms with Crippen LogP contribution >= 0.6 is 0 Å². The van der Waals surface area contributed by atoms with Crippen LogP contribution in [0, 0.1) is 17.8 Å². The van der Waals surface area contributed by atoms with Crippen LogP contribution < -0.4 is 0 Å². The van der Waals surface area contributed by atoms with Crippen molar-refractivity contribution in [3.05, 3.63) is 65.0 Å². The second kappa shape index (κ2) is 8.05. The standard InChI is InChI=1S/C27H34N2O2/c1-27(2,3)20-9-7-19(8-10-20)26(30)29-16-23-22(24(23)17-29)15-21-5-4-6-25(28-21)18-11-13-31-14-12-18/h4-10,18,22-24H,11-17H2,1-3H3. The van der Waals surface area contributed by atoms with Gasteiger partial charge in [0.15, 0.2) is 0 Å². The molecule has 2 aliphatic heterocycles. The maximum atomic E-state index is 13.0. The zero-order chi connectivity index (χ0) is 21.6. The molecule has 2 atom stereocenters. The second-order valence-electron chi connectivity index (χ2n) is 10.7. The third-order valence-electron chi connectivity index (χ3n) is 7.57. The van der Waals surface area contributed by atoms with Gasteiger partial charge in [-0.25, -0.2) is 0 Å². The van der Waals surface area contributed by atoms with Crippen LogP contribution in [0.4, 0.5) is 0 Å². The fourth-order valence-electron chi connectivity index (χ4n) is 5.49. The Morgan fingerprint density at radius 3 is 2.35 bits per heavy atom. The second-order valence-corrected chi connectivity index (χ2v) is 10.7. The topological polar surface area (TPSA) is 42.4 Å². The van der Waals surface area contributed by atoms with Gasteiger partial charge in [-0.15, -0.1) is 0 Å². The number of benzene rings is 1. The van der Waals surface area contributed by atoms with E-state index in [4.69, 9.17) is 9.72 Å². The summed E-state index contributed by atoms with van der Waals surface area (Å²) in [7, 11) is 0. The summed E-state index contributed by atoms with van der Waals surface area (Å²) in [6.07, 6.45) is 3.21. The van der Waals surface area contributed by atoms with E-state index >= 15 is 0 Å². The molecule has 0 bridgehead atoms. The lowest BCUT2D eigenvalue weighted by atomic mass is 9.86. The van der Waals surface area contributed by atoms with Crippen LogP contribution in [0.3, 0.4) is 0 Å². The van der Waals surface area contributed by atoms with E-state index in [2.05, 4.69) is 56.0 Å². The van der Waals surface area contributed by atoms with Crippen LogP contribution in [0.15, 0.2) is 42.5 Å². The summed E-state index contributed by atoms with van der Waals surface area (Å²) in [6, 6.07) is 14.7. The minimum absolute atomic E-state index is 0.111. The Morgan fingerprint density at radius 1 is 1.03 bits per heavy atom. The number of hydrogen-bond acceptors (Lipinski definition) is 3. The molecular weight excluding hydrogens is 384 g/mol. The molecule has 31 heavy (non-hydrogen) atoms. The number of rotatable bonds is 4. The maximum Gasteiger partial charge on any atom is 0.253 e. The number of carbonyl (C=O) groups excluding carboxylic acids is 1. The van der Waals surface area contributed by atoms with Crippen LogP contribution in [0.25, 0.3) is 0 Å². The monoisotopic (exact) mass is 418 g/mol. The highest BCUT2D eigenvalue weighted by Gasteiger charge is 2.56. The van der Waals surface area contributed by atoms with Crippen molar-refractivity contribution < 1.29 is 9.53 Å². The van der Waals surface area contributed by atoms with E-state index in [-0.39, 0.29) is 11.3 Å². The highest BCUT2D eigenvalue weighted by Crippen LogP contribution is 2.53. The van der Waals surface area contributed by atoms with Gasteiger partial charge < -0.3 is 9.64 Å². The van der Waals surface area contributed by atoms with Crippen molar-refractivity contribution in [2.75, 3.05) is 26.3 Å². The third kappa shape index (κ3) is 4.27. The molecule has 4 nitrogen and oxygen atoms in total. The van der Waals surface area contributed by atoms with Gasteiger partial charge in [0.25, 0.3) is 5.91 Å². The first-order chi connectivity index (χ1) is 14.9. The molecule has 0 spiro atoms. The summed E-state index contributed by atoms with van der Waals surface area (Å²) >= 11 is 0. The fourth-order valence-corrected chi connectivity index (χ4v) is 5.49. The first kappa shape index (κ1) is 20.7. The summed E-state index contributed by atoms with van der Waals surface area (Å²) in [5.74, 6) is 2.71. The summed E-state index contributed by atoms with van der Waals surface area (Å²) in [4.78, 5) is 20.0. The Bertz CT molecular complexity index is 928. The van der Waals surface area contributed by atoms with Gasteiger partial charge in [-0.2, -0.15) is 0 Å². The van der Waals surface area contributed by atoms with Gasteiger partial charge >= 0.3 is 0 Å². The van der Waals surface area contributed by atoms with Crippen LogP contribution in [0.1, 0.15) is 66.8 Å². The molecule has 3 fully saturated rings. The van der Waals surface area contributed by atoms with Gasteiger partial charge in [0, 0.05) is 49.2 Å². The molecule has 5 rings (SSSR count). The quantitative estimate of drug-likeness (QED) is 0.714. The molecule has 2 unspecified atom stereocenters. The van der Waals surface area contributed by atoms with Crippen molar-refractivity contribution in [1.82, 2.24) is 9.88 Å². The van der Waals surface area contributed by atoms with E-state index in [1.54, 1.807) is 0 Å². The lowest BCUT2D eigenvalue weighted by molar-refractivity contribution is 0.0767. The average molecular weight is 419 g/mol. The molecule has 2 aromatic rings. The largest absolute Gasteiger partial charge is 0.381 e. The Morgan fingerprint density at radius 2 is 1.71 bits per heavy atom. The van der Waals surface area contributed by atoms with Gasteiger partial charge in [0.05, 0.1) is 0 Å². The normalized spacial score (nSPS) is 26.0. The van der Waals surface area contributed by atoms with Crippen molar-refractivity contribution >= 4 is 5.91 Å². The third-order valence-corrected chi connectivity index (χ3v) is 7.57. The first-order valence-electron chi connectivity index (χ1n) is 11.8. The highest BCUT2D eigenvalue weighted by molar-refractivity contribution is 5.94. The Hall–Kier alpha value is -2.20. The number of carbonyl (C=O) groups is 1. The smallest absolute Gasteiger partial charge is 0.253 e. The molecule has 2 saturated heterocycles. The lowest BCUT2D eigenvalue weighted by Crippen LogP contribution is -2.31. The van der Waals surface area contributed by atoms with E-state index < -0.39 is 0 Å². The molecule has 4 heteroatoms. The van der Waals surface area contributed by atoms with E-state index in [0.717, 1.165) is 51.1 Å². The van der Waals surface area contributed by atoms with Crippen LogP contribution in [0.5, 0.6) is 0 Å². The van der Waals surface area contributed by atoms with Crippen molar-refractivity contribution in [2.24, 2.45) is 17.8 Å². The zero-order valence-corrected chi connectivity index (χ0v) is 19.0. The van der Waals surface area contributed by atoms with E-state index in [1.165, 1.54) is 17.0 Å². The average Bonchev–Trinajstić information content (AvgIpc) is 3.20. The molecule has 3 aliphatic rings. The number of fused-ring (bicyclic) bond motifs is 1. The molecule has 1 amide bonds. The molecule has 1 aromatic carbocycles. The van der Waals surface area contributed by atoms with Crippen molar-refractivity contribution in [3.63, 3.8) is 0 Å². The fraction of sp³-hybridized carbons (Fsp3) is 0.556. The molecule has 1 saturated carbocycles. The van der Waals surface area contributed by atoms with Gasteiger partial charge in [0.2, 0.25) is 0 Å². The minimum atomic E-state index is 0.111. The summed E-state index contributed by atoms with van der Waals surface area (Å²) < 4.78 is 5.50. The van der Waals surface area contributed by atoms with Crippen molar-refractivity contribution in [1.29, 1.82) is 0 Å². The molecule has 1 aromatic heterocycles. The first-order valence-corrected chi connectivity index (χ1v) is 11.8. The van der Waals surface area contributed by atoms with Gasteiger partial charge in [-0.05, 0) is 72.3 Å². The van der Waals surface area contributed by atoms with Gasteiger partial charge in [0.1, 0.15) is 0 Å². The number of ether oxygens (including phenoxy) is 1. The number of hydrogen-bond donors (Lipinski definition) is 0. The van der Waals surface area contributed by atoms with Crippen molar-refractivity contribution in [2.45, 2.75) is 51.4 Å². The SMILES string of the molecule is CC(C)(C)c1ccc(C(=O)N2CC3C(Cc4cccc(C5CCOCC5)n4)C3C2)cc1. The molecule has 0 radical (unpaired) electrons. The van der Waals surface area contributed by atoms with Crippen LogP contribution in [0.2, 0.25) is 0 Å². The van der Waals surface area contributed by atoms with Gasteiger partial charge in [-0.1, -0.05) is 39.0 Å². The van der Waals surface area contributed by atoms with Crippen LogP contribution in [-0.2, 0) is 16.6 Å². The number of aromatic nitrogens is 1. The maximum absolute atomic E-state index is 13.0. The van der Waals surface area contributed by atoms with Gasteiger partial charge in [-0.3, -0.25) is 9.78 Å². The van der Waals surface area contributed by atoms with E-state index in [0.29, 0.717) is 23.7 Å². The summed E-state index contributed by atoms with van der Waals surface area (Å²) in [6.45, 7) is 10.1. The molecule has 3 heterocycles. The lowest BCUT2D eigenvalue weighted by Gasteiger charge is -2.23. The van der Waals surface area contributed by atoms with E-state index in [1.807, 2.05) is 12.1 Å². The molecular formula is C27H34N2O2. The van der Waals surface area contributed by atoms with Crippen LogP contribution in [-0.4, -0.2) is 42.1 Å². The number of amides is 1. The number of pyridine rings is 1. The Kier molecular flexibility index (Phi) is 5.37. The number of piperidine rings is 1. The van der Waals surface area contributed by atoms with E-state index in [9.17, 15) is 4.79 Å².